The fourth-order valence-electron chi connectivity index (χ4n) is 4.38. The lowest BCUT2D eigenvalue weighted by Crippen LogP contribution is -2.23. The molecule has 0 saturated heterocycles. The second kappa shape index (κ2) is 13.8. The number of carbonyl (C=O) groups is 1. The average Bonchev–Trinajstić information content (AvgIpc) is 3.47. The van der Waals surface area contributed by atoms with Gasteiger partial charge >= 0.3 is 5.97 Å². The molecule has 1 aliphatic heterocycles. The number of nitrogen functional groups attached to an aromatic ring is 1. The Kier molecular flexibility index (Phi) is 9.41. The zero-order valence-electron chi connectivity index (χ0n) is 24.8. The van der Waals surface area contributed by atoms with E-state index >= 15 is 8.78 Å². The maximum atomic E-state index is 16.0. The molecular formula is C33H29F2N5O6. The van der Waals surface area contributed by atoms with Crippen molar-refractivity contribution in [1.82, 2.24) is 9.88 Å². The van der Waals surface area contributed by atoms with Crippen molar-refractivity contribution in [2.45, 2.75) is 6.92 Å². The number of aromatic hydroxyl groups is 1. The van der Waals surface area contributed by atoms with E-state index in [0.717, 1.165) is 12.4 Å². The molecule has 46 heavy (non-hydrogen) atoms. The van der Waals surface area contributed by atoms with Crippen molar-refractivity contribution in [2.75, 3.05) is 26.7 Å². The molecule has 4 aromatic rings. The lowest BCUT2D eigenvalue weighted by atomic mass is 10.2. The smallest absolute Gasteiger partial charge is 0.330 e. The molecule has 3 aromatic carbocycles. The molecule has 13 heteroatoms. The Morgan fingerprint density at radius 1 is 1.02 bits per heavy atom. The molecule has 0 unspecified atom stereocenters. The molecule has 0 aliphatic carbocycles. The van der Waals surface area contributed by atoms with Crippen LogP contribution in [-0.4, -0.2) is 59.4 Å². The van der Waals surface area contributed by atoms with Crippen molar-refractivity contribution >= 4 is 23.7 Å². The van der Waals surface area contributed by atoms with E-state index in [-0.39, 0.29) is 35.3 Å². The summed E-state index contributed by atoms with van der Waals surface area (Å²) in [5.41, 5.74) is 6.92. The Morgan fingerprint density at radius 2 is 1.74 bits per heavy atom. The third-order valence-corrected chi connectivity index (χ3v) is 6.60. The summed E-state index contributed by atoms with van der Waals surface area (Å²) in [6.45, 7) is 3.25. The summed E-state index contributed by atoms with van der Waals surface area (Å²) in [4.78, 5) is 22.1. The number of hydrogen-bond acceptors (Lipinski definition) is 10. The molecule has 1 aliphatic rings. The Labute approximate surface area is 262 Å². The maximum absolute atomic E-state index is 16.0. The summed E-state index contributed by atoms with van der Waals surface area (Å²) < 4.78 is 53.8. The van der Waals surface area contributed by atoms with E-state index in [2.05, 4.69) is 9.98 Å². The minimum Gasteiger partial charge on any atom is -0.504 e. The number of carbonyl (C=O) groups excluding carboxylic acids is 1. The molecule has 236 valence electrons. The molecule has 4 N–H and O–H groups in total. The van der Waals surface area contributed by atoms with Crippen LogP contribution in [0.15, 0.2) is 77.8 Å². The van der Waals surface area contributed by atoms with E-state index in [0.29, 0.717) is 17.7 Å². The number of phenolic OH excluding ortho intramolecular Hbond substituents is 1. The molecule has 0 atom stereocenters. The number of esters is 1. The number of pyridine rings is 1. The molecule has 2 heterocycles. The van der Waals surface area contributed by atoms with Crippen LogP contribution < -0.4 is 19.9 Å². The Morgan fingerprint density at radius 3 is 2.43 bits per heavy atom. The van der Waals surface area contributed by atoms with Gasteiger partial charge in [0, 0.05) is 30.8 Å². The van der Waals surface area contributed by atoms with Crippen LogP contribution >= 0.6 is 0 Å². The van der Waals surface area contributed by atoms with Crippen molar-refractivity contribution in [2.24, 2.45) is 10.7 Å². The number of aliphatic imine (C=N–C) groups is 1. The highest BCUT2D eigenvalue weighted by atomic mass is 19.1. The molecule has 11 nitrogen and oxygen atoms in total. The van der Waals surface area contributed by atoms with E-state index in [1.807, 2.05) is 18.0 Å². The summed E-state index contributed by atoms with van der Waals surface area (Å²) in [7, 11) is 1.89. The molecule has 0 fully saturated rings. The highest BCUT2D eigenvalue weighted by Gasteiger charge is 2.27. The van der Waals surface area contributed by atoms with Gasteiger partial charge in [-0.25, -0.2) is 4.79 Å². The molecule has 0 bridgehead atoms. The van der Waals surface area contributed by atoms with Crippen molar-refractivity contribution in [3.05, 3.63) is 101 Å². The first kappa shape index (κ1) is 31.4. The van der Waals surface area contributed by atoms with Crippen LogP contribution in [0, 0.1) is 17.0 Å². The second-order valence-electron chi connectivity index (χ2n) is 9.89. The van der Waals surface area contributed by atoms with Gasteiger partial charge in [0.15, 0.2) is 11.5 Å². The number of benzene rings is 3. The third kappa shape index (κ3) is 7.21. The summed E-state index contributed by atoms with van der Waals surface area (Å²) in [5.74, 6) is -5.73. The van der Waals surface area contributed by atoms with Crippen LogP contribution in [0.25, 0.3) is 6.08 Å². The third-order valence-electron chi connectivity index (χ3n) is 6.60. The van der Waals surface area contributed by atoms with E-state index in [1.54, 1.807) is 37.3 Å². The van der Waals surface area contributed by atoms with Gasteiger partial charge in [0.1, 0.15) is 23.2 Å². The summed E-state index contributed by atoms with van der Waals surface area (Å²) >= 11 is 0. The van der Waals surface area contributed by atoms with Crippen molar-refractivity contribution in [1.29, 1.82) is 5.41 Å². The van der Waals surface area contributed by atoms with Gasteiger partial charge < -0.3 is 34.7 Å². The number of likely N-dealkylation sites (N-methyl/N-ethyl adjacent to an activating group) is 1. The molecule has 5 rings (SSSR count). The predicted molar refractivity (Wildman–Crippen MR) is 166 cm³/mol. The lowest BCUT2D eigenvalue weighted by Gasteiger charge is -2.16. The van der Waals surface area contributed by atoms with Gasteiger partial charge in [-0.15, -0.1) is 0 Å². The number of rotatable bonds is 11. The monoisotopic (exact) mass is 629 g/mol. The molecule has 0 radical (unpaired) electrons. The van der Waals surface area contributed by atoms with Gasteiger partial charge in [-0.05, 0) is 61.0 Å². The number of nitrogens with two attached hydrogens (primary N) is 1. The fraction of sp³-hybridized carbons (Fsp3) is 0.152. The van der Waals surface area contributed by atoms with E-state index in [4.69, 9.17) is 30.1 Å². The summed E-state index contributed by atoms with van der Waals surface area (Å²) in [6, 6.07) is 16.6. The zero-order valence-corrected chi connectivity index (χ0v) is 24.8. The molecule has 0 spiro atoms. The minimum atomic E-state index is -1.35. The second-order valence-corrected chi connectivity index (χ2v) is 9.89. The first-order valence-corrected chi connectivity index (χ1v) is 14.0. The summed E-state index contributed by atoms with van der Waals surface area (Å²) in [5, 5.41) is 18.0. The van der Waals surface area contributed by atoms with E-state index < -0.39 is 40.9 Å². The number of nitrogens with one attached hydrogen (secondary N) is 1. The number of hydrogen-bond donors (Lipinski definition) is 3. The Balaban J connectivity index is 1.54. The van der Waals surface area contributed by atoms with Crippen LogP contribution in [0.3, 0.4) is 0 Å². The standard InChI is InChI=1S/C33H29F2N5O6/c1-3-43-26(42)13-10-19-6-4-8-22(16-19)44-29-27(34)32(45-23-9-5-7-21(17-23)31-38-14-15-40(31)2)39-33(28(29)35)46-25-18-20(30(36)37)11-12-24(25)41/h4-13,16-18,41H,3,14-15H2,1-2H3,(H3,36,37)/b13-10+. The van der Waals surface area contributed by atoms with Gasteiger partial charge in [-0.1, -0.05) is 24.3 Å². The molecular weight excluding hydrogens is 600 g/mol. The zero-order chi connectivity index (χ0) is 32.8. The van der Waals surface area contributed by atoms with Crippen molar-refractivity contribution < 1.29 is 37.6 Å². The van der Waals surface area contributed by atoms with Gasteiger partial charge in [-0.3, -0.25) is 10.4 Å². The van der Waals surface area contributed by atoms with Crippen LogP contribution in [0.2, 0.25) is 0 Å². The lowest BCUT2D eigenvalue weighted by molar-refractivity contribution is -0.137. The predicted octanol–water partition coefficient (Wildman–Crippen LogP) is 5.99. The van der Waals surface area contributed by atoms with Gasteiger partial charge in [0.25, 0.3) is 11.8 Å². The van der Waals surface area contributed by atoms with Crippen molar-refractivity contribution in [3.8, 4) is 40.5 Å². The molecule has 0 saturated carbocycles. The highest BCUT2D eigenvalue weighted by Crippen LogP contribution is 2.41. The number of amidine groups is 2. The average molecular weight is 630 g/mol. The number of nitrogens with zero attached hydrogens (tertiary/aromatic N) is 3. The first-order valence-electron chi connectivity index (χ1n) is 14.0. The van der Waals surface area contributed by atoms with Crippen LogP contribution in [0.4, 0.5) is 8.78 Å². The normalized spacial score (nSPS) is 12.6. The largest absolute Gasteiger partial charge is 0.504 e. The van der Waals surface area contributed by atoms with E-state index in [9.17, 15) is 9.90 Å². The van der Waals surface area contributed by atoms with Gasteiger partial charge in [0.05, 0.1) is 13.2 Å². The van der Waals surface area contributed by atoms with Crippen molar-refractivity contribution in [3.63, 3.8) is 0 Å². The number of aromatic nitrogens is 1. The van der Waals surface area contributed by atoms with Gasteiger partial charge in [-0.2, -0.15) is 13.8 Å². The van der Waals surface area contributed by atoms with E-state index in [1.165, 1.54) is 42.5 Å². The molecule has 0 amide bonds. The minimum absolute atomic E-state index is 0.0117. The summed E-state index contributed by atoms with van der Waals surface area (Å²) in [6.07, 6.45) is 2.66. The van der Waals surface area contributed by atoms with Crippen LogP contribution in [0.5, 0.6) is 40.5 Å². The topological polar surface area (TPSA) is 153 Å². The SMILES string of the molecule is CCOC(=O)/C=C/c1cccc(Oc2c(F)c(Oc3cccc(C4=NCCN4C)c3)nc(Oc3cc(C(=N)N)ccc3O)c2F)c1. The Bertz CT molecular complexity index is 1860. The highest BCUT2D eigenvalue weighted by molar-refractivity contribution is 6.00. The maximum Gasteiger partial charge on any atom is 0.330 e. The quantitative estimate of drug-likeness (QED) is 0.0785. The fourth-order valence-corrected chi connectivity index (χ4v) is 4.38. The molecule has 1 aromatic heterocycles. The first-order chi connectivity index (χ1) is 22.1. The number of halogens is 2. The number of phenols is 1. The number of ether oxygens (including phenoxy) is 4. The van der Waals surface area contributed by atoms with Gasteiger partial charge in [0.2, 0.25) is 17.4 Å². The van der Waals surface area contributed by atoms with Crippen LogP contribution in [-0.2, 0) is 9.53 Å². The van der Waals surface area contributed by atoms with Crippen LogP contribution in [0.1, 0.15) is 23.6 Å². The Hall–Kier alpha value is -5.98.